The van der Waals surface area contributed by atoms with Crippen molar-refractivity contribution in [1.29, 1.82) is 0 Å². The van der Waals surface area contributed by atoms with E-state index in [0.29, 0.717) is 35.4 Å². The Morgan fingerprint density at radius 1 is 1.26 bits per heavy atom. The van der Waals surface area contributed by atoms with Crippen molar-refractivity contribution in [3.8, 4) is 11.4 Å². The standard InChI is InChI=1S/C23H23N5O3/c1-15(29)28-19(16-11-12-16)13-20(27-28)25-23-18(9-5-6-10-21(30)31)14-24-22(26-23)17-7-3-2-4-8-17/h2-5,7-9,13-14,16H,6,10-12H2,1H3,(H,30,31)(H,24,25,26,27). The summed E-state index contributed by atoms with van der Waals surface area (Å²) < 4.78 is 1.45. The number of allylic oxidation sites excluding steroid dienone is 1. The minimum atomic E-state index is -0.846. The Hall–Kier alpha value is -3.81. The molecular weight excluding hydrogens is 394 g/mol. The molecule has 8 nitrogen and oxygen atoms in total. The number of aromatic nitrogens is 4. The number of rotatable bonds is 8. The highest BCUT2D eigenvalue weighted by Crippen LogP contribution is 2.41. The SMILES string of the molecule is CC(=O)n1nc(Nc2nc(-c3ccccc3)ncc2C=CCCC(=O)O)cc1C1CC1. The van der Waals surface area contributed by atoms with Crippen molar-refractivity contribution >= 4 is 29.6 Å². The molecule has 0 unspecified atom stereocenters. The van der Waals surface area contributed by atoms with Gasteiger partial charge >= 0.3 is 5.97 Å². The number of carbonyl (C=O) groups excluding carboxylic acids is 1. The summed E-state index contributed by atoms with van der Waals surface area (Å²) in [6.07, 6.45) is 7.84. The highest BCUT2D eigenvalue weighted by molar-refractivity contribution is 5.78. The molecule has 31 heavy (non-hydrogen) atoms. The summed E-state index contributed by atoms with van der Waals surface area (Å²) in [4.78, 5) is 31.9. The molecule has 0 amide bonds. The maximum absolute atomic E-state index is 12.0. The van der Waals surface area contributed by atoms with Crippen LogP contribution >= 0.6 is 0 Å². The third-order valence-corrected chi connectivity index (χ3v) is 4.95. The Balaban J connectivity index is 1.67. The lowest BCUT2D eigenvalue weighted by Gasteiger charge is -2.09. The van der Waals surface area contributed by atoms with Gasteiger partial charge in [-0.3, -0.25) is 9.59 Å². The predicted molar refractivity (Wildman–Crippen MR) is 117 cm³/mol. The average Bonchev–Trinajstić information content (AvgIpc) is 3.52. The van der Waals surface area contributed by atoms with Crippen molar-refractivity contribution in [2.24, 2.45) is 0 Å². The molecule has 0 spiro atoms. The highest BCUT2D eigenvalue weighted by Gasteiger charge is 2.29. The second-order valence-corrected chi connectivity index (χ2v) is 7.48. The van der Waals surface area contributed by atoms with Gasteiger partial charge in [0.25, 0.3) is 0 Å². The van der Waals surface area contributed by atoms with Gasteiger partial charge in [0.1, 0.15) is 5.82 Å². The number of anilines is 2. The van der Waals surface area contributed by atoms with E-state index in [1.54, 1.807) is 18.3 Å². The maximum atomic E-state index is 12.0. The zero-order chi connectivity index (χ0) is 21.8. The third-order valence-electron chi connectivity index (χ3n) is 4.95. The zero-order valence-electron chi connectivity index (χ0n) is 17.2. The molecule has 2 N–H and O–H groups in total. The molecule has 1 aromatic carbocycles. The van der Waals surface area contributed by atoms with Gasteiger partial charge in [0.2, 0.25) is 5.91 Å². The molecule has 158 valence electrons. The van der Waals surface area contributed by atoms with E-state index in [-0.39, 0.29) is 12.3 Å². The second-order valence-electron chi connectivity index (χ2n) is 7.48. The lowest BCUT2D eigenvalue weighted by Crippen LogP contribution is -2.11. The Labute approximate surface area is 179 Å². The Morgan fingerprint density at radius 2 is 2.03 bits per heavy atom. The largest absolute Gasteiger partial charge is 0.481 e. The van der Waals surface area contributed by atoms with Gasteiger partial charge in [-0.25, -0.2) is 14.6 Å². The van der Waals surface area contributed by atoms with E-state index in [4.69, 9.17) is 5.11 Å². The summed E-state index contributed by atoms with van der Waals surface area (Å²) in [5, 5.41) is 16.5. The van der Waals surface area contributed by atoms with Gasteiger partial charge in [-0.2, -0.15) is 0 Å². The number of carboxylic acid groups (broad SMARTS) is 1. The van der Waals surface area contributed by atoms with E-state index >= 15 is 0 Å². The van der Waals surface area contributed by atoms with Crippen molar-refractivity contribution in [2.45, 2.75) is 38.5 Å². The Bertz CT molecular complexity index is 1130. The number of aliphatic carboxylic acids is 1. The first-order chi connectivity index (χ1) is 15.0. The van der Waals surface area contributed by atoms with Crippen molar-refractivity contribution in [3.63, 3.8) is 0 Å². The van der Waals surface area contributed by atoms with Crippen LogP contribution in [0.1, 0.15) is 54.6 Å². The second kappa shape index (κ2) is 8.91. The summed E-state index contributed by atoms with van der Waals surface area (Å²) >= 11 is 0. The molecular formula is C23H23N5O3. The molecule has 2 heterocycles. The van der Waals surface area contributed by atoms with Crippen LogP contribution < -0.4 is 5.32 Å². The van der Waals surface area contributed by atoms with Gasteiger partial charge in [-0.15, -0.1) is 5.10 Å². The zero-order valence-corrected chi connectivity index (χ0v) is 17.2. The first kappa shape index (κ1) is 20.5. The van der Waals surface area contributed by atoms with E-state index in [1.165, 1.54) is 11.6 Å². The van der Waals surface area contributed by atoms with E-state index in [9.17, 15) is 9.59 Å². The quantitative estimate of drug-likeness (QED) is 0.555. The molecule has 2 aromatic heterocycles. The molecule has 0 bridgehead atoms. The number of hydrogen-bond donors (Lipinski definition) is 2. The number of carboxylic acids is 1. The summed E-state index contributed by atoms with van der Waals surface area (Å²) in [7, 11) is 0. The first-order valence-electron chi connectivity index (χ1n) is 10.2. The highest BCUT2D eigenvalue weighted by atomic mass is 16.4. The maximum Gasteiger partial charge on any atom is 0.303 e. The minimum Gasteiger partial charge on any atom is -0.481 e. The van der Waals surface area contributed by atoms with Crippen LogP contribution in [0, 0.1) is 0 Å². The molecule has 1 fully saturated rings. The number of nitrogens with zero attached hydrogens (tertiary/aromatic N) is 4. The van der Waals surface area contributed by atoms with E-state index < -0.39 is 5.97 Å². The summed E-state index contributed by atoms with van der Waals surface area (Å²) in [6, 6.07) is 11.5. The lowest BCUT2D eigenvalue weighted by atomic mass is 10.2. The van der Waals surface area contributed by atoms with Gasteiger partial charge in [-0.05, 0) is 19.3 Å². The van der Waals surface area contributed by atoms with E-state index in [1.807, 2.05) is 36.4 Å². The molecule has 4 rings (SSSR count). The van der Waals surface area contributed by atoms with Gasteiger partial charge in [0.05, 0.1) is 5.69 Å². The normalized spacial score (nSPS) is 13.5. The predicted octanol–water partition coefficient (Wildman–Crippen LogP) is 4.50. The summed E-state index contributed by atoms with van der Waals surface area (Å²) in [5.41, 5.74) is 2.49. The number of carbonyl (C=O) groups is 2. The molecule has 1 saturated carbocycles. The molecule has 1 aliphatic rings. The molecule has 0 radical (unpaired) electrons. The van der Waals surface area contributed by atoms with Crippen LogP contribution in [0.5, 0.6) is 0 Å². The fraction of sp³-hybridized carbons (Fsp3) is 0.261. The summed E-state index contributed by atoms with van der Waals surface area (Å²) in [5.74, 6) is 1.02. The van der Waals surface area contributed by atoms with Gasteiger partial charge in [-0.1, -0.05) is 42.5 Å². The van der Waals surface area contributed by atoms with Crippen LogP contribution in [-0.2, 0) is 4.79 Å². The fourth-order valence-electron chi connectivity index (χ4n) is 3.26. The van der Waals surface area contributed by atoms with Crippen molar-refractivity contribution in [3.05, 3.63) is 59.9 Å². The van der Waals surface area contributed by atoms with Gasteiger partial charge in [0.15, 0.2) is 11.6 Å². The van der Waals surface area contributed by atoms with Crippen LogP contribution in [-0.4, -0.2) is 36.7 Å². The third kappa shape index (κ3) is 5.03. The fourth-order valence-corrected chi connectivity index (χ4v) is 3.26. The number of hydrogen-bond acceptors (Lipinski definition) is 6. The van der Waals surface area contributed by atoms with Crippen LogP contribution in [0.25, 0.3) is 17.5 Å². The van der Waals surface area contributed by atoms with Crippen LogP contribution in [0.3, 0.4) is 0 Å². The average molecular weight is 417 g/mol. The Morgan fingerprint density at radius 3 is 2.71 bits per heavy atom. The Kier molecular flexibility index (Phi) is 5.88. The summed E-state index contributed by atoms with van der Waals surface area (Å²) in [6.45, 7) is 1.50. The first-order valence-corrected chi connectivity index (χ1v) is 10.2. The lowest BCUT2D eigenvalue weighted by molar-refractivity contribution is -0.136. The molecule has 0 aliphatic heterocycles. The van der Waals surface area contributed by atoms with Gasteiger partial charge in [0, 0.05) is 42.7 Å². The molecule has 0 saturated heterocycles. The van der Waals surface area contributed by atoms with Crippen LogP contribution in [0.4, 0.5) is 11.6 Å². The molecule has 8 heteroatoms. The monoisotopic (exact) mass is 417 g/mol. The van der Waals surface area contributed by atoms with Crippen LogP contribution in [0.2, 0.25) is 0 Å². The van der Waals surface area contributed by atoms with Crippen LogP contribution in [0.15, 0.2) is 48.7 Å². The van der Waals surface area contributed by atoms with E-state index in [0.717, 1.165) is 24.1 Å². The van der Waals surface area contributed by atoms with E-state index in [2.05, 4.69) is 20.4 Å². The minimum absolute atomic E-state index is 0.0516. The number of nitrogens with one attached hydrogen (secondary N) is 1. The van der Waals surface area contributed by atoms with Crippen molar-refractivity contribution in [1.82, 2.24) is 19.7 Å². The smallest absolute Gasteiger partial charge is 0.303 e. The molecule has 0 atom stereocenters. The van der Waals surface area contributed by atoms with Crippen molar-refractivity contribution < 1.29 is 14.7 Å². The number of benzene rings is 1. The van der Waals surface area contributed by atoms with Gasteiger partial charge < -0.3 is 10.4 Å². The molecule has 1 aliphatic carbocycles. The molecule has 3 aromatic rings. The van der Waals surface area contributed by atoms with Crippen molar-refractivity contribution in [2.75, 3.05) is 5.32 Å². The topological polar surface area (TPSA) is 110 Å².